The Kier molecular flexibility index (Phi) is 5.18. The zero-order valence-corrected chi connectivity index (χ0v) is 15.9. The Morgan fingerprint density at radius 1 is 1.46 bits per heavy atom. The Labute approximate surface area is 153 Å². The van der Waals surface area contributed by atoms with Gasteiger partial charge in [-0.3, -0.25) is 9.48 Å². The van der Waals surface area contributed by atoms with Gasteiger partial charge in [-0.2, -0.15) is 5.10 Å². The number of hydrogen-bond acceptors (Lipinski definition) is 5. The van der Waals surface area contributed by atoms with Crippen molar-refractivity contribution in [1.82, 2.24) is 14.7 Å². The largest absolute Gasteiger partial charge is 0.491 e. The number of aromatic nitrogens is 2. The average Bonchev–Trinajstić information content (AvgIpc) is 3.11. The summed E-state index contributed by atoms with van der Waals surface area (Å²) in [5.41, 5.74) is 1.52. The van der Waals surface area contributed by atoms with E-state index in [2.05, 4.69) is 15.3 Å². The number of rotatable bonds is 6. The highest BCUT2D eigenvalue weighted by Gasteiger charge is 2.29. The number of carbonyl (C=O) groups excluding carboxylic acids is 1. The number of anilines is 1. The summed E-state index contributed by atoms with van der Waals surface area (Å²) in [5.74, 6) is 1.71. The molecule has 0 spiro atoms. The van der Waals surface area contributed by atoms with Gasteiger partial charge in [0.25, 0.3) is 5.91 Å². The van der Waals surface area contributed by atoms with Crippen molar-refractivity contribution >= 4 is 11.7 Å². The van der Waals surface area contributed by atoms with E-state index in [9.17, 15) is 4.79 Å². The van der Waals surface area contributed by atoms with Crippen molar-refractivity contribution in [3.8, 4) is 11.5 Å². The third kappa shape index (κ3) is 4.16. The number of carbonyl (C=O) groups is 1. The van der Waals surface area contributed by atoms with Gasteiger partial charge in [0.1, 0.15) is 17.6 Å². The highest BCUT2D eigenvalue weighted by Crippen LogP contribution is 2.38. The highest BCUT2D eigenvalue weighted by molar-refractivity contribution is 6.04. The number of ether oxygens (including phenoxy) is 2. The van der Waals surface area contributed by atoms with Gasteiger partial charge >= 0.3 is 0 Å². The second kappa shape index (κ2) is 7.37. The van der Waals surface area contributed by atoms with Gasteiger partial charge in [-0.05, 0) is 40.1 Å². The fourth-order valence-corrected chi connectivity index (χ4v) is 3.04. The minimum absolute atomic E-state index is 0.0149. The van der Waals surface area contributed by atoms with Crippen molar-refractivity contribution in [3.05, 3.63) is 35.5 Å². The summed E-state index contributed by atoms with van der Waals surface area (Å²) in [6.45, 7) is 4.76. The second-order valence-corrected chi connectivity index (χ2v) is 7.15. The Bertz CT molecular complexity index is 798. The maximum Gasteiger partial charge on any atom is 0.257 e. The van der Waals surface area contributed by atoms with Crippen molar-refractivity contribution in [2.24, 2.45) is 7.05 Å². The number of nitrogens with zero attached hydrogens (tertiary/aromatic N) is 3. The molecule has 0 bridgehead atoms. The van der Waals surface area contributed by atoms with E-state index in [0.29, 0.717) is 17.1 Å². The summed E-state index contributed by atoms with van der Waals surface area (Å²) in [6, 6.07) is 5.33. The monoisotopic (exact) mass is 358 g/mol. The van der Waals surface area contributed by atoms with Crippen LogP contribution in [0.25, 0.3) is 0 Å². The molecule has 1 aliphatic rings. The van der Waals surface area contributed by atoms with Crippen molar-refractivity contribution in [2.45, 2.75) is 32.5 Å². The molecule has 0 aliphatic carbocycles. The standard InChI is InChI=1S/C19H26N4O3/c1-12(2)25-16-8-13(19(24)20-18-6-7-23(5)21-18)9-17-15(16)10-14(26-17)11-22(3)4/h6-9,12,14H,10-11H2,1-5H3,(H,20,21,24). The van der Waals surface area contributed by atoms with Crippen LogP contribution in [0.2, 0.25) is 0 Å². The first-order chi connectivity index (χ1) is 12.3. The number of aryl methyl sites for hydroxylation is 1. The smallest absolute Gasteiger partial charge is 0.257 e. The second-order valence-electron chi connectivity index (χ2n) is 7.15. The van der Waals surface area contributed by atoms with Gasteiger partial charge in [0, 0.05) is 43.4 Å². The average molecular weight is 358 g/mol. The van der Waals surface area contributed by atoms with Crippen LogP contribution in [0.1, 0.15) is 29.8 Å². The Hall–Kier alpha value is -2.54. The molecule has 0 saturated heterocycles. The first-order valence-corrected chi connectivity index (χ1v) is 8.77. The summed E-state index contributed by atoms with van der Waals surface area (Å²) >= 11 is 0. The lowest BCUT2D eigenvalue weighted by Crippen LogP contribution is -2.29. The third-order valence-corrected chi connectivity index (χ3v) is 4.04. The van der Waals surface area contributed by atoms with Gasteiger partial charge in [0.15, 0.2) is 5.82 Å². The number of benzene rings is 1. The molecular formula is C19H26N4O3. The van der Waals surface area contributed by atoms with Gasteiger partial charge in [-0.25, -0.2) is 0 Å². The Morgan fingerprint density at radius 3 is 2.85 bits per heavy atom. The molecule has 2 aromatic rings. The topological polar surface area (TPSA) is 68.6 Å². The van der Waals surface area contributed by atoms with Crippen LogP contribution in [0.4, 0.5) is 5.82 Å². The molecular weight excluding hydrogens is 332 g/mol. The number of amides is 1. The van der Waals surface area contributed by atoms with Crippen molar-refractivity contribution in [2.75, 3.05) is 26.0 Å². The summed E-state index contributed by atoms with van der Waals surface area (Å²) in [7, 11) is 5.84. The molecule has 2 heterocycles. The third-order valence-electron chi connectivity index (χ3n) is 4.04. The quantitative estimate of drug-likeness (QED) is 0.858. The van der Waals surface area contributed by atoms with Crippen LogP contribution in [0.3, 0.4) is 0 Å². The molecule has 0 radical (unpaired) electrons. The van der Waals surface area contributed by atoms with Gasteiger partial charge in [0.05, 0.1) is 6.10 Å². The fraction of sp³-hybridized carbons (Fsp3) is 0.474. The Morgan fingerprint density at radius 2 is 2.23 bits per heavy atom. The summed E-state index contributed by atoms with van der Waals surface area (Å²) < 4.78 is 13.7. The van der Waals surface area contributed by atoms with Crippen molar-refractivity contribution in [3.63, 3.8) is 0 Å². The van der Waals surface area contributed by atoms with Crippen LogP contribution in [-0.4, -0.2) is 53.4 Å². The van der Waals surface area contributed by atoms with E-state index >= 15 is 0 Å². The van der Waals surface area contributed by atoms with Crippen LogP contribution in [0.15, 0.2) is 24.4 Å². The summed E-state index contributed by atoms with van der Waals surface area (Å²) in [5, 5.41) is 6.98. The molecule has 3 rings (SSSR count). The molecule has 1 unspecified atom stereocenters. The zero-order valence-electron chi connectivity index (χ0n) is 15.9. The molecule has 1 aromatic carbocycles. The van der Waals surface area contributed by atoms with Gasteiger partial charge in [-0.15, -0.1) is 0 Å². The number of hydrogen-bond donors (Lipinski definition) is 1. The molecule has 7 nitrogen and oxygen atoms in total. The van der Waals surface area contributed by atoms with E-state index in [1.54, 1.807) is 36.1 Å². The van der Waals surface area contributed by atoms with E-state index < -0.39 is 0 Å². The normalized spacial score (nSPS) is 15.9. The van der Waals surface area contributed by atoms with Crippen LogP contribution >= 0.6 is 0 Å². The molecule has 1 N–H and O–H groups in total. The fourth-order valence-electron chi connectivity index (χ4n) is 3.04. The molecule has 7 heteroatoms. The van der Waals surface area contributed by atoms with E-state index in [0.717, 1.165) is 24.3 Å². The molecule has 1 atom stereocenters. The molecule has 1 aliphatic heterocycles. The zero-order chi connectivity index (χ0) is 18.8. The van der Waals surface area contributed by atoms with Crippen LogP contribution < -0.4 is 14.8 Å². The number of likely N-dealkylation sites (N-methyl/N-ethyl adjacent to an activating group) is 1. The lowest BCUT2D eigenvalue weighted by atomic mass is 10.0. The maximum absolute atomic E-state index is 12.6. The van der Waals surface area contributed by atoms with E-state index in [4.69, 9.17) is 9.47 Å². The van der Waals surface area contributed by atoms with E-state index in [-0.39, 0.29) is 18.1 Å². The van der Waals surface area contributed by atoms with Crippen molar-refractivity contribution in [1.29, 1.82) is 0 Å². The van der Waals surface area contributed by atoms with E-state index in [1.165, 1.54) is 0 Å². The predicted molar refractivity (Wildman–Crippen MR) is 100 cm³/mol. The van der Waals surface area contributed by atoms with Crippen LogP contribution in [-0.2, 0) is 13.5 Å². The molecule has 1 amide bonds. The van der Waals surface area contributed by atoms with Crippen LogP contribution in [0.5, 0.6) is 11.5 Å². The Balaban J connectivity index is 1.86. The summed E-state index contributed by atoms with van der Waals surface area (Å²) in [4.78, 5) is 14.7. The maximum atomic E-state index is 12.6. The lowest BCUT2D eigenvalue weighted by Gasteiger charge is -2.15. The van der Waals surface area contributed by atoms with Gasteiger partial charge in [-0.1, -0.05) is 0 Å². The van der Waals surface area contributed by atoms with Gasteiger partial charge < -0.3 is 19.7 Å². The van der Waals surface area contributed by atoms with Gasteiger partial charge in [0.2, 0.25) is 0 Å². The number of fused-ring (bicyclic) bond motifs is 1. The van der Waals surface area contributed by atoms with E-state index in [1.807, 2.05) is 27.9 Å². The minimum Gasteiger partial charge on any atom is -0.491 e. The molecule has 140 valence electrons. The summed E-state index contributed by atoms with van der Waals surface area (Å²) in [6.07, 6.45) is 2.63. The highest BCUT2D eigenvalue weighted by atomic mass is 16.5. The predicted octanol–water partition coefficient (Wildman–Crippen LogP) is 2.32. The molecule has 1 aromatic heterocycles. The first-order valence-electron chi connectivity index (χ1n) is 8.77. The molecule has 0 fully saturated rings. The minimum atomic E-state index is -0.236. The van der Waals surface area contributed by atoms with Crippen molar-refractivity contribution < 1.29 is 14.3 Å². The number of nitrogens with one attached hydrogen (secondary N) is 1. The lowest BCUT2D eigenvalue weighted by molar-refractivity contribution is 0.102. The first kappa shape index (κ1) is 18.3. The molecule has 26 heavy (non-hydrogen) atoms. The van der Waals surface area contributed by atoms with Crippen LogP contribution in [0, 0.1) is 0 Å². The molecule has 0 saturated carbocycles. The SMILES string of the molecule is CC(C)Oc1cc(C(=O)Nc2ccn(C)n2)cc2c1CC(CN(C)C)O2.